The van der Waals surface area contributed by atoms with Gasteiger partial charge in [0.2, 0.25) is 0 Å². The molecule has 0 atom stereocenters. The van der Waals surface area contributed by atoms with E-state index in [0.29, 0.717) is 15.7 Å². The predicted octanol–water partition coefficient (Wildman–Crippen LogP) is 3.64. The molecule has 2 aromatic rings. The average molecular weight is 239 g/mol. The third kappa shape index (κ3) is 2.06. The van der Waals surface area contributed by atoms with E-state index in [2.05, 4.69) is 4.98 Å². The Labute approximate surface area is 97.7 Å². The number of nitrogens with two attached hydrogens (primary N) is 1. The molecule has 0 aliphatic heterocycles. The lowest BCUT2D eigenvalue weighted by Crippen LogP contribution is -1.92. The molecule has 0 bridgehead atoms. The zero-order valence-electron chi connectivity index (χ0n) is 7.74. The first-order chi connectivity index (χ1) is 7.18. The molecule has 15 heavy (non-hydrogen) atoms. The average Bonchev–Trinajstić information content (AvgIpc) is 2.23. The number of pyridine rings is 1. The molecule has 2 rings (SSSR count). The van der Waals surface area contributed by atoms with Crippen molar-refractivity contribution < 1.29 is 0 Å². The summed E-state index contributed by atoms with van der Waals surface area (Å²) in [5, 5.41) is 1.02. The zero-order chi connectivity index (χ0) is 10.8. The lowest BCUT2D eigenvalue weighted by atomic mass is 10.1. The quantitative estimate of drug-likeness (QED) is 0.825. The zero-order valence-corrected chi connectivity index (χ0v) is 9.26. The van der Waals surface area contributed by atoms with Gasteiger partial charge in [0, 0.05) is 11.8 Å². The summed E-state index contributed by atoms with van der Waals surface area (Å²) in [6.07, 6.45) is 1.69. The highest BCUT2D eigenvalue weighted by molar-refractivity contribution is 6.42. The highest BCUT2D eigenvalue weighted by atomic mass is 35.5. The Morgan fingerprint density at radius 1 is 1.07 bits per heavy atom. The normalized spacial score (nSPS) is 10.3. The van der Waals surface area contributed by atoms with E-state index in [0.717, 1.165) is 11.3 Å². The number of aromatic nitrogens is 1. The summed E-state index contributed by atoms with van der Waals surface area (Å²) in [6.45, 7) is 0. The van der Waals surface area contributed by atoms with E-state index >= 15 is 0 Å². The molecule has 76 valence electrons. The van der Waals surface area contributed by atoms with Gasteiger partial charge in [-0.05, 0) is 24.3 Å². The van der Waals surface area contributed by atoms with Crippen LogP contribution >= 0.6 is 23.2 Å². The minimum absolute atomic E-state index is 0.499. The molecule has 0 aliphatic rings. The van der Waals surface area contributed by atoms with Crippen LogP contribution in [0.15, 0.2) is 36.5 Å². The molecule has 0 radical (unpaired) electrons. The number of rotatable bonds is 1. The molecule has 0 unspecified atom stereocenters. The van der Waals surface area contributed by atoms with Crippen LogP contribution in [-0.4, -0.2) is 4.98 Å². The minimum atomic E-state index is 0.499. The minimum Gasteiger partial charge on any atom is -0.397 e. The van der Waals surface area contributed by atoms with Crippen LogP contribution in [0, 0.1) is 0 Å². The van der Waals surface area contributed by atoms with E-state index in [-0.39, 0.29) is 0 Å². The molecule has 1 aromatic heterocycles. The molecule has 0 aliphatic carbocycles. The monoisotopic (exact) mass is 238 g/mol. The molecule has 0 spiro atoms. The molecule has 0 amide bonds. The molecule has 0 saturated heterocycles. The summed E-state index contributed by atoms with van der Waals surface area (Å²) in [6, 6.07) is 8.91. The van der Waals surface area contributed by atoms with Crippen LogP contribution in [0.4, 0.5) is 5.69 Å². The van der Waals surface area contributed by atoms with Crippen molar-refractivity contribution in [1.82, 2.24) is 4.98 Å². The maximum Gasteiger partial charge on any atom is 0.0931 e. The van der Waals surface area contributed by atoms with Gasteiger partial charge < -0.3 is 5.73 Å². The molecular formula is C11H8Cl2N2. The Morgan fingerprint density at radius 3 is 2.53 bits per heavy atom. The smallest absolute Gasteiger partial charge is 0.0931 e. The van der Waals surface area contributed by atoms with E-state index < -0.39 is 0 Å². The number of halogens is 2. The highest BCUT2D eigenvalue weighted by Crippen LogP contribution is 2.29. The van der Waals surface area contributed by atoms with Gasteiger partial charge >= 0.3 is 0 Å². The van der Waals surface area contributed by atoms with Crippen molar-refractivity contribution in [3.63, 3.8) is 0 Å². The Bertz CT molecular complexity index is 498. The van der Waals surface area contributed by atoms with Crippen molar-refractivity contribution >= 4 is 28.9 Å². The fourth-order valence-corrected chi connectivity index (χ4v) is 1.60. The fraction of sp³-hybridized carbons (Fsp3) is 0. The summed E-state index contributed by atoms with van der Waals surface area (Å²) in [5.74, 6) is 0. The molecule has 1 aromatic carbocycles. The maximum atomic E-state index is 5.92. The van der Waals surface area contributed by atoms with Gasteiger partial charge in [-0.2, -0.15) is 0 Å². The Balaban J connectivity index is 2.55. The largest absolute Gasteiger partial charge is 0.397 e. The van der Waals surface area contributed by atoms with Crippen molar-refractivity contribution in [1.29, 1.82) is 0 Å². The summed E-state index contributed by atoms with van der Waals surface area (Å²) in [7, 11) is 0. The topological polar surface area (TPSA) is 38.9 Å². The number of hydrogen-bond donors (Lipinski definition) is 1. The second kappa shape index (κ2) is 4.09. The van der Waals surface area contributed by atoms with E-state index in [9.17, 15) is 0 Å². The van der Waals surface area contributed by atoms with Gasteiger partial charge in [-0.1, -0.05) is 29.3 Å². The number of anilines is 1. The lowest BCUT2D eigenvalue weighted by Gasteiger charge is -2.05. The summed E-state index contributed by atoms with van der Waals surface area (Å²) in [4.78, 5) is 4.19. The van der Waals surface area contributed by atoms with Crippen molar-refractivity contribution in [3.8, 4) is 11.3 Å². The Morgan fingerprint density at radius 2 is 1.87 bits per heavy atom. The second-order valence-corrected chi connectivity index (χ2v) is 3.88. The van der Waals surface area contributed by atoms with Crippen LogP contribution < -0.4 is 5.73 Å². The first kappa shape index (κ1) is 10.3. The van der Waals surface area contributed by atoms with Crippen LogP contribution in [0.5, 0.6) is 0 Å². The summed E-state index contributed by atoms with van der Waals surface area (Å²) >= 11 is 11.7. The van der Waals surface area contributed by atoms with Gasteiger partial charge in [0.25, 0.3) is 0 Å². The van der Waals surface area contributed by atoms with Gasteiger partial charge in [-0.25, -0.2) is 0 Å². The molecule has 2 nitrogen and oxygen atoms in total. The van der Waals surface area contributed by atoms with Crippen molar-refractivity contribution in [2.24, 2.45) is 0 Å². The molecule has 0 fully saturated rings. The van der Waals surface area contributed by atoms with E-state index in [1.165, 1.54) is 0 Å². The van der Waals surface area contributed by atoms with Crippen LogP contribution in [0.25, 0.3) is 11.3 Å². The number of benzene rings is 1. The number of nitrogens with zero attached hydrogens (tertiary/aromatic N) is 1. The highest BCUT2D eigenvalue weighted by Gasteiger charge is 2.05. The summed E-state index contributed by atoms with van der Waals surface area (Å²) < 4.78 is 0. The van der Waals surface area contributed by atoms with Crippen molar-refractivity contribution in [2.45, 2.75) is 0 Å². The third-order valence-electron chi connectivity index (χ3n) is 2.03. The molecule has 2 N–H and O–H groups in total. The van der Waals surface area contributed by atoms with Crippen molar-refractivity contribution in [3.05, 3.63) is 46.6 Å². The first-order valence-corrected chi connectivity index (χ1v) is 5.10. The molecule has 4 heteroatoms. The second-order valence-electron chi connectivity index (χ2n) is 3.07. The Kier molecular flexibility index (Phi) is 2.80. The SMILES string of the molecule is Nc1cccnc1-c1ccc(Cl)c(Cl)c1. The third-order valence-corrected chi connectivity index (χ3v) is 2.77. The standard InChI is InChI=1S/C11H8Cl2N2/c12-8-4-3-7(6-9(8)13)11-10(14)2-1-5-15-11/h1-6H,14H2. The van der Waals surface area contributed by atoms with Gasteiger partial charge in [0.15, 0.2) is 0 Å². The van der Waals surface area contributed by atoms with E-state index in [4.69, 9.17) is 28.9 Å². The van der Waals surface area contributed by atoms with E-state index in [1.54, 1.807) is 30.5 Å². The number of hydrogen-bond acceptors (Lipinski definition) is 2. The first-order valence-electron chi connectivity index (χ1n) is 4.34. The van der Waals surface area contributed by atoms with Gasteiger partial charge in [-0.15, -0.1) is 0 Å². The van der Waals surface area contributed by atoms with Crippen molar-refractivity contribution in [2.75, 3.05) is 5.73 Å². The van der Waals surface area contributed by atoms with Crippen LogP contribution in [-0.2, 0) is 0 Å². The Hall–Kier alpha value is -1.25. The fourth-order valence-electron chi connectivity index (χ4n) is 1.30. The molecule has 1 heterocycles. The van der Waals surface area contributed by atoms with E-state index in [1.807, 2.05) is 6.07 Å². The summed E-state index contributed by atoms with van der Waals surface area (Å²) in [5.41, 5.74) is 8.01. The van der Waals surface area contributed by atoms with Gasteiger partial charge in [-0.3, -0.25) is 4.98 Å². The molecule has 0 saturated carbocycles. The molecular weight excluding hydrogens is 231 g/mol. The van der Waals surface area contributed by atoms with Gasteiger partial charge in [0.1, 0.15) is 0 Å². The number of nitrogen functional groups attached to an aromatic ring is 1. The van der Waals surface area contributed by atoms with Crippen LogP contribution in [0.3, 0.4) is 0 Å². The van der Waals surface area contributed by atoms with Crippen LogP contribution in [0.2, 0.25) is 10.0 Å². The maximum absolute atomic E-state index is 5.92. The lowest BCUT2D eigenvalue weighted by molar-refractivity contribution is 1.33. The van der Waals surface area contributed by atoms with Gasteiger partial charge in [0.05, 0.1) is 21.4 Å². The predicted molar refractivity (Wildman–Crippen MR) is 64.1 cm³/mol. The van der Waals surface area contributed by atoms with Crippen LogP contribution in [0.1, 0.15) is 0 Å².